The van der Waals surface area contributed by atoms with E-state index >= 15 is 0 Å². The highest BCUT2D eigenvalue weighted by atomic mass is 16.5. The summed E-state index contributed by atoms with van der Waals surface area (Å²) in [6, 6.07) is 6.93. The van der Waals surface area contributed by atoms with E-state index in [2.05, 4.69) is 6.58 Å². The summed E-state index contributed by atoms with van der Waals surface area (Å²) in [4.78, 5) is 21.1. The molecule has 1 rings (SSSR count). The molecule has 6 heteroatoms. The Labute approximate surface area is 128 Å². The summed E-state index contributed by atoms with van der Waals surface area (Å²) in [6.07, 6.45) is 4.14. The van der Waals surface area contributed by atoms with Gasteiger partial charge in [0.25, 0.3) is 0 Å². The highest BCUT2D eigenvalue weighted by molar-refractivity contribution is 5.81. The fraction of sp³-hybridized carbons (Fsp3) is 0.250. The van der Waals surface area contributed by atoms with Crippen molar-refractivity contribution in [3.8, 4) is 11.5 Å². The third-order valence-electron chi connectivity index (χ3n) is 2.40. The minimum atomic E-state index is -1.01. The van der Waals surface area contributed by atoms with Crippen molar-refractivity contribution in [1.82, 2.24) is 0 Å². The second kappa shape index (κ2) is 10.0. The number of carbonyl (C=O) groups is 2. The molecule has 118 valence electrons. The molecule has 1 N–H and O–H groups in total. The lowest BCUT2D eigenvalue weighted by molar-refractivity contribution is -0.138. The first-order valence-electron chi connectivity index (χ1n) is 6.66. The first-order valence-corrected chi connectivity index (χ1v) is 6.66. The molecule has 0 radical (unpaired) electrons. The van der Waals surface area contributed by atoms with Gasteiger partial charge in [-0.1, -0.05) is 6.58 Å². The number of carboxylic acids is 1. The van der Waals surface area contributed by atoms with Crippen LogP contribution in [-0.4, -0.2) is 36.9 Å². The second-order valence-electron chi connectivity index (χ2n) is 4.10. The standard InChI is InChI=1S/C16H18O6/c1-2-16(19)22-12-4-11-21-14-8-6-13(7-9-14)20-10-3-5-15(17)18/h2-3,5-9H,1,4,10-12H2,(H,17,18). The lowest BCUT2D eigenvalue weighted by Crippen LogP contribution is -2.06. The van der Waals surface area contributed by atoms with Gasteiger partial charge in [-0.05, 0) is 30.3 Å². The van der Waals surface area contributed by atoms with Crippen LogP contribution >= 0.6 is 0 Å². The molecule has 0 unspecified atom stereocenters. The molecule has 1 aromatic carbocycles. The Morgan fingerprint density at radius 1 is 1.09 bits per heavy atom. The number of carboxylic acid groups (broad SMARTS) is 1. The molecule has 0 amide bonds. The molecule has 0 saturated heterocycles. The van der Waals surface area contributed by atoms with E-state index in [4.69, 9.17) is 19.3 Å². The van der Waals surface area contributed by atoms with Crippen LogP contribution in [0.4, 0.5) is 0 Å². The number of esters is 1. The van der Waals surface area contributed by atoms with E-state index < -0.39 is 11.9 Å². The lowest BCUT2D eigenvalue weighted by atomic mass is 10.3. The number of carbonyl (C=O) groups excluding carboxylic acids is 1. The van der Waals surface area contributed by atoms with E-state index in [9.17, 15) is 9.59 Å². The van der Waals surface area contributed by atoms with Crippen molar-refractivity contribution in [3.05, 3.63) is 49.1 Å². The fourth-order valence-corrected chi connectivity index (χ4v) is 1.41. The van der Waals surface area contributed by atoms with Crippen LogP contribution < -0.4 is 9.47 Å². The molecule has 0 saturated carbocycles. The van der Waals surface area contributed by atoms with Gasteiger partial charge < -0.3 is 19.3 Å². The molecule has 6 nitrogen and oxygen atoms in total. The van der Waals surface area contributed by atoms with Gasteiger partial charge in [-0.2, -0.15) is 0 Å². The first kappa shape index (κ1) is 17.3. The van der Waals surface area contributed by atoms with E-state index in [1.54, 1.807) is 24.3 Å². The van der Waals surface area contributed by atoms with Crippen molar-refractivity contribution in [2.45, 2.75) is 6.42 Å². The van der Waals surface area contributed by atoms with Gasteiger partial charge in [-0.3, -0.25) is 0 Å². The van der Waals surface area contributed by atoms with Gasteiger partial charge in [0.1, 0.15) is 18.1 Å². The van der Waals surface area contributed by atoms with Gasteiger partial charge in [0.05, 0.1) is 13.2 Å². The first-order chi connectivity index (χ1) is 10.6. The minimum absolute atomic E-state index is 0.182. The molecular weight excluding hydrogens is 288 g/mol. The highest BCUT2D eigenvalue weighted by Crippen LogP contribution is 2.17. The van der Waals surface area contributed by atoms with Crippen LogP contribution in [0.5, 0.6) is 11.5 Å². The lowest BCUT2D eigenvalue weighted by Gasteiger charge is -2.08. The maximum absolute atomic E-state index is 10.8. The molecule has 0 heterocycles. The van der Waals surface area contributed by atoms with Crippen LogP contribution in [0.2, 0.25) is 0 Å². The molecule has 0 bridgehead atoms. The topological polar surface area (TPSA) is 82.1 Å². The van der Waals surface area contributed by atoms with Gasteiger partial charge in [-0.15, -0.1) is 0 Å². The van der Waals surface area contributed by atoms with E-state index in [0.29, 0.717) is 24.5 Å². The number of benzene rings is 1. The quantitative estimate of drug-likeness (QED) is 0.405. The Balaban J connectivity index is 2.22. The summed E-state index contributed by atoms with van der Waals surface area (Å²) in [7, 11) is 0. The maximum atomic E-state index is 10.8. The number of ether oxygens (including phenoxy) is 3. The Morgan fingerprint density at radius 2 is 1.73 bits per heavy atom. The molecule has 0 aliphatic carbocycles. The summed E-state index contributed by atoms with van der Waals surface area (Å²) < 4.78 is 15.6. The number of hydrogen-bond donors (Lipinski definition) is 1. The molecule has 0 atom stereocenters. The van der Waals surface area contributed by atoms with Gasteiger partial charge in [-0.25, -0.2) is 9.59 Å². The molecule has 0 aromatic heterocycles. The SMILES string of the molecule is C=CC(=O)OCCCOc1ccc(OCC=CC(=O)O)cc1. The largest absolute Gasteiger partial charge is 0.493 e. The Hall–Kier alpha value is -2.76. The van der Waals surface area contributed by atoms with Crippen molar-refractivity contribution >= 4 is 11.9 Å². The monoisotopic (exact) mass is 306 g/mol. The predicted molar refractivity (Wildman–Crippen MR) is 80.0 cm³/mol. The van der Waals surface area contributed by atoms with E-state index in [1.807, 2.05) is 0 Å². The van der Waals surface area contributed by atoms with E-state index in [1.165, 1.54) is 6.08 Å². The van der Waals surface area contributed by atoms with Crippen molar-refractivity contribution in [3.63, 3.8) is 0 Å². The molecule has 1 aromatic rings. The van der Waals surface area contributed by atoms with Crippen LogP contribution in [0.3, 0.4) is 0 Å². The van der Waals surface area contributed by atoms with Crippen LogP contribution in [0.25, 0.3) is 0 Å². The van der Waals surface area contributed by atoms with Gasteiger partial charge in [0.2, 0.25) is 0 Å². The van der Waals surface area contributed by atoms with Crippen molar-refractivity contribution in [2.24, 2.45) is 0 Å². The summed E-state index contributed by atoms with van der Waals surface area (Å²) in [5.41, 5.74) is 0. The zero-order valence-corrected chi connectivity index (χ0v) is 12.1. The van der Waals surface area contributed by atoms with E-state index in [0.717, 1.165) is 12.2 Å². The average Bonchev–Trinajstić information content (AvgIpc) is 2.52. The van der Waals surface area contributed by atoms with Crippen molar-refractivity contribution < 1.29 is 28.9 Å². The Kier molecular flexibility index (Phi) is 7.89. The van der Waals surface area contributed by atoms with Gasteiger partial charge in [0, 0.05) is 18.6 Å². The molecule has 0 aliphatic rings. The summed E-state index contributed by atoms with van der Waals surface area (Å²) in [5, 5.41) is 8.42. The Morgan fingerprint density at radius 3 is 2.32 bits per heavy atom. The molecule has 22 heavy (non-hydrogen) atoms. The van der Waals surface area contributed by atoms with Crippen LogP contribution in [0, 0.1) is 0 Å². The summed E-state index contributed by atoms with van der Waals surface area (Å²) >= 11 is 0. The normalized spacial score (nSPS) is 10.2. The van der Waals surface area contributed by atoms with Crippen molar-refractivity contribution in [1.29, 1.82) is 0 Å². The highest BCUT2D eigenvalue weighted by Gasteiger charge is 1.98. The average molecular weight is 306 g/mol. The molecule has 0 aliphatic heterocycles. The van der Waals surface area contributed by atoms with Crippen molar-refractivity contribution in [2.75, 3.05) is 19.8 Å². The molecule has 0 spiro atoms. The maximum Gasteiger partial charge on any atom is 0.330 e. The fourth-order valence-electron chi connectivity index (χ4n) is 1.41. The van der Waals surface area contributed by atoms with Crippen LogP contribution in [0.15, 0.2) is 49.1 Å². The number of aliphatic carboxylic acids is 1. The van der Waals surface area contributed by atoms with E-state index in [-0.39, 0.29) is 13.2 Å². The van der Waals surface area contributed by atoms with Crippen LogP contribution in [0.1, 0.15) is 6.42 Å². The number of rotatable bonds is 10. The molecule has 0 fully saturated rings. The minimum Gasteiger partial charge on any atom is -0.493 e. The van der Waals surface area contributed by atoms with Gasteiger partial charge in [0.15, 0.2) is 0 Å². The number of hydrogen-bond acceptors (Lipinski definition) is 5. The molecular formula is C16H18O6. The summed E-state index contributed by atoms with van der Waals surface area (Å²) in [6.45, 7) is 4.18. The van der Waals surface area contributed by atoms with Gasteiger partial charge >= 0.3 is 11.9 Å². The predicted octanol–water partition coefficient (Wildman–Crippen LogP) is 2.20. The summed E-state index contributed by atoms with van der Waals surface area (Å²) in [5.74, 6) is -0.171. The zero-order valence-electron chi connectivity index (χ0n) is 12.1. The zero-order chi connectivity index (χ0) is 16.2. The smallest absolute Gasteiger partial charge is 0.330 e. The third kappa shape index (κ3) is 7.74. The Bertz CT molecular complexity index is 518. The third-order valence-corrected chi connectivity index (χ3v) is 2.40. The second-order valence-corrected chi connectivity index (χ2v) is 4.10. The van der Waals surface area contributed by atoms with Crippen LogP contribution in [-0.2, 0) is 14.3 Å².